The third-order valence-corrected chi connectivity index (χ3v) is 2.24. The van der Waals surface area contributed by atoms with E-state index >= 15 is 0 Å². The number of carbonyl (C=O) groups excluding carboxylic acids is 1. The van der Waals surface area contributed by atoms with Crippen LogP contribution in [-0.2, 0) is 9.53 Å². The molecular weight excluding hydrogens is 214 g/mol. The molecule has 3 nitrogen and oxygen atoms in total. The van der Waals surface area contributed by atoms with Crippen LogP contribution in [-0.4, -0.2) is 12.1 Å². The molecule has 0 aromatic carbocycles. The molecule has 0 heterocycles. The van der Waals surface area contributed by atoms with E-state index in [9.17, 15) is 4.79 Å². The predicted molar refractivity (Wildman–Crippen MR) is 66.9 cm³/mol. The van der Waals surface area contributed by atoms with Crippen LogP contribution in [0.1, 0.15) is 58.8 Å². The Morgan fingerprint density at radius 2 is 2.06 bits per heavy atom. The van der Waals surface area contributed by atoms with Gasteiger partial charge >= 0.3 is 5.97 Å². The Hall–Kier alpha value is -1.48. The minimum absolute atomic E-state index is 0.340. The Bertz CT molecular complexity index is 306. The quantitative estimate of drug-likeness (QED) is 0.387. The fourth-order valence-corrected chi connectivity index (χ4v) is 1.38. The van der Waals surface area contributed by atoms with Crippen molar-refractivity contribution in [1.82, 2.24) is 0 Å². The van der Waals surface area contributed by atoms with Crippen LogP contribution in [0.5, 0.6) is 0 Å². The number of unbranched alkanes of at least 4 members (excludes halogenated alkanes) is 4. The van der Waals surface area contributed by atoms with Crippen molar-refractivity contribution in [2.24, 2.45) is 0 Å². The van der Waals surface area contributed by atoms with E-state index < -0.39 is 6.10 Å². The summed E-state index contributed by atoms with van der Waals surface area (Å²) in [7, 11) is 0. The summed E-state index contributed by atoms with van der Waals surface area (Å²) >= 11 is 0. The number of nitrogens with zero attached hydrogens (tertiary/aromatic N) is 1. The van der Waals surface area contributed by atoms with Crippen LogP contribution >= 0.6 is 0 Å². The second-order valence-corrected chi connectivity index (χ2v) is 3.93. The first-order valence-corrected chi connectivity index (χ1v) is 6.23. The van der Waals surface area contributed by atoms with Gasteiger partial charge in [0.2, 0.25) is 0 Å². The Morgan fingerprint density at radius 1 is 1.29 bits per heavy atom. The first-order chi connectivity index (χ1) is 8.20. The van der Waals surface area contributed by atoms with Gasteiger partial charge in [-0.1, -0.05) is 38.0 Å². The molecule has 0 saturated heterocycles. The van der Waals surface area contributed by atoms with E-state index in [4.69, 9.17) is 10.00 Å². The van der Waals surface area contributed by atoms with Crippen LogP contribution in [0.2, 0.25) is 0 Å². The summed E-state index contributed by atoms with van der Waals surface area (Å²) in [6.07, 6.45) is 6.02. The van der Waals surface area contributed by atoms with Gasteiger partial charge in [-0.15, -0.1) is 0 Å². The van der Waals surface area contributed by atoms with E-state index in [1.54, 1.807) is 0 Å². The van der Waals surface area contributed by atoms with Gasteiger partial charge in [0.25, 0.3) is 0 Å². The van der Waals surface area contributed by atoms with Crippen molar-refractivity contribution in [3.63, 3.8) is 0 Å². The summed E-state index contributed by atoms with van der Waals surface area (Å²) in [5, 5.41) is 8.48. The minimum Gasteiger partial charge on any atom is -0.449 e. The van der Waals surface area contributed by atoms with Crippen LogP contribution in [0, 0.1) is 23.2 Å². The molecule has 0 fully saturated rings. The van der Waals surface area contributed by atoms with Gasteiger partial charge in [-0.25, -0.2) is 0 Å². The monoisotopic (exact) mass is 235 g/mol. The number of nitriles is 1. The lowest BCUT2D eigenvalue weighted by molar-refractivity contribution is -0.143. The lowest BCUT2D eigenvalue weighted by Gasteiger charge is -2.08. The van der Waals surface area contributed by atoms with Crippen LogP contribution in [0.25, 0.3) is 0 Å². The topological polar surface area (TPSA) is 50.1 Å². The molecule has 0 amide bonds. The zero-order chi connectivity index (χ0) is 12.9. The number of hydrogen-bond donors (Lipinski definition) is 0. The SMILES string of the molecule is CCCCCCC#C[C@@H](CCC#N)OC(C)=O. The fourth-order valence-electron chi connectivity index (χ4n) is 1.38. The Morgan fingerprint density at radius 3 is 2.65 bits per heavy atom. The summed E-state index contributed by atoms with van der Waals surface area (Å²) in [5.41, 5.74) is 0. The third kappa shape index (κ3) is 10.8. The molecule has 0 N–H and O–H groups in total. The zero-order valence-electron chi connectivity index (χ0n) is 10.8. The standard InChI is InChI=1S/C14H21NO2/c1-3-4-5-6-7-8-10-14(11-9-12-15)17-13(2)16/h14H,3-7,9,11H2,1-2H3/t14-/m0/s1. The van der Waals surface area contributed by atoms with Crippen LogP contribution in [0.3, 0.4) is 0 Å². The molecule has 0 aromatic rings. The van der Waals surface area contributed by atoms with Gasteiger partial charge in [0, 0.05) is 26.2 Å². The van der Waals surface area contributed by atoms with Crippen LogP contribution < -0.4 is 0 Å². The van der Waals surface area contributed by atoms with E-state index in [0.29, 0.717) is 12.8 Å². The van der Waals surface area contributed by atoms with E-state index in [1.165, 1.54) is 26.2 Å². The molecule has 0 radical (unpaired) electrons. The molecule has 94 valence electrons. The molecule has 0 rings (SSSR count). The van der Waals surface area contributed by atoms with Gasteiger partial charge in [0.1, 0.15) is 0 Å². The van der Waals surface area contributed by atoms with Crippen molar-refractivity contribution in [2.75, 3.05) is 0 Å². The lowest BCUT2D eigenvalue weighted by atomic mass is 10.1. The molecule has 0 bridgehead atoms. The summed E-state index contributed by atoms with van der Waals surface area (Å²) in [6.45, 7) is 3.53. The van der Waals surface area contributed by atoms with Crippen LogP contribution in [0.4, 0.5) is 0 Å². The summed E-state index contributed by atoms with van der Waals surface area (Å²) in [5.74, 6) is 5.60. The molecule has 0 aromatic heterocycles. The average Bonchev–Trinajstić information content (AvgIpc) is 2.29. The molecule has 1 atom stereocenters. The number of carbonyl (C=O) groups is 1. The Labute approximate surface area is 104 Å². The molecule has 0 aliphatic carbocycles. The van der Waals surface area contributed by atoms with Crippen molar-refractivity contribution in [2.45, 2.75) is 64.9 Å². The fraction of sp³-hybridized carbons (Fsp3) is 0.714. The molecule has 17 heavy (non-hydrogen) atoms. The number of rotatable bonds is 7. The normalized spacial score (nSPS) is 10.9. The van der Waals surface area contributed by atoms with Crippen molar-refractivity contribution in [1.29, 1.82) is 5.26 Å². The summed E-state index contributed by atoms with van der Waals surface area (Å²) < 4.78 is 5.02. The maximum atomic E-state index is 10.8. The minimum atomic E-state index is -0.418. The smallest absolute Gasteiger partial charge is 0.303 e. The second-order valence-electron chi connectivity index (χ2n) is 3.93. The summed E-state index contributed by atoms with van der Waals surface area (Å²) in [6, 6.07) is 2.03. The van der Waals surface area contributed by atoms with E-state index in [0.717, 1.165) is 12.8 Å². The predicted octanol–water partition coefficient (Wildman–Crippen LogP) is 3.20. The highest BCUT2D eigenvalue weighted by atomic mass is 16.5. The van der Waals surface area contributed by atoms with Crippen molar-refractivity contribution < 1.29 is 9.53 Å². The first-order valence-electron chi connectivity index (χ1n) is 6.23. The molecule has 0 unspecified atom stereocenters. The Balaban J connectivity index is 3.92. The maximum Gasteiger partial charge on any atom is 0.303 e. The Kier molecular flexibility index (Phi) is 10.1. The average molecular weight is 235 g/mol. The van der Waals surface area contributed by atoms with Gasteiger partial charge in [-0.2, -0.15) is 5.26 Å². The number of esters is 1. The first kappa shape index (κ1) is 15.5. The highest BCUT2D eigenvalue weighted by Crippen LogP contribution is 2.03. The maximum absolute atomic E-state index is 10.8. The van der Waals surface area contributed by atoms with Crippen molar-refractivity contribution in [3.8, 4) is 17.9 Å². The van der Waals surface area contributed by atoms with Gasteiger partial charge in [0.05, 0.1) is 6.07 Å². The van der Waals surface area contributed by atoms with Gasteiger partial charge in [-0.05, 0) is 6.42 Å². The van der Waals surface area contributed by atoms with Gasteiger partial charge in [-0.3, -0.25) is 4.79 Å². The van der Waals surface area contributed by atoms with E-state index in [-0.39, 0.29) is 5.97 Å². The van der Waals surface area contributed by atoms with E-state index in [1.807, 2.05) is 6.07 Å². The van der Waals surface area contributed by atoms with Gasteiger partial charge in [0.15, 0.2) is 6.10 Å². The van der Waals surface area contributed by atoms with Crippen LogP contribution in [0.15, 0.2) is 0 Å². The highest BCUT2D eigenvalue weighted by Gasteiger charge is 2.07. The lowest BCUT2D eigenvalue weighted by Crippen LogP contribution is -2.13. The van der Waals surface area contributed by atoms with Gasteiger partial charge < -0.3 is 4.74 Å². The molecular formula is C14H21NO2. The van der Waals surface area contributed by atoms with Crippen molar-refractivity contribution in [3.05, 3.63) is 0 Å². The summed E-state index contributed by atoms with van der Waals surface area (Å²) in [4.78, 5) is 10.8. The molecule has 0 spiro atoms. The highest BCUT2D eigenvalue weighted by molar-refractivity contribution is 5.66. The number of ether oxygens (including phenoxy) is 1. The van der Waals surface area contributed by atoms with E-state index in [2.05, 4.69) is 18.8 Å². The zero-order valence-corrected chi connectivity index (χ0v) is 10.8. The molecule has 0 aliphatic rings. The molecule has 0 saturated carbocycles. The van der Waals surface area contributed by atoms with Crippen molar-refractivity contribution >= 4 is 5.97 Å². The molecule has 0 aliphatic heterocycles. The number of hydrogen-bond acceptors (Lipinski definition) is 3. The molecule has 3 heteroatoms. The third-order valence-electron chi connectivity index (χ3n) is 2.24. The second kappa shape index (κ2) is 11.0. The largest absolute Gasteiger partial charge is 0.449 e.